The average molecular weight is 366 g/mol. The van der Waals surface area contributed by atoms with Gasteiger partial charge in [-0.15, -0.1) is 0 Å². The SMILES string of the molecule is CC(=O)c1ccc(NC(=O)C(C)(C)C(=O)NC2CCS(=O)(=O)C2)cc1. The maximum absolute atomic E-state index is 12.4. The fraction of sp³-hybridized carbons (Fsp3) is 0.471. The Bertz CT molecular complexity index is 797. The minimum Gasteiger partial charge on any atom is -0.351 e. The molecule has 0 saturated carbocycles. The van der Waals surface area contributed by atoms with E-state index < -0.39 is 33.1 Å². The summed E-state index contributed by atoms with van der Waals surface area (Å²) in [5.74, 6) is -1.16. The summed E-state index contributed by atoms with van der Waals surface area (Å²) in [5.41, 5.74) is -0.372. The molecule has 0 aliphatic carbocycles. The first kappa shape index (κ1) is 19.1. The van der Waals surface area contributed by atoms with Crippen molar-refractivity contribution < 1.29 is 22.8 Å². The molecule has 1 aromatic rings. The smallest absolute Gasteiger partial charge is 0.239 e. The normalized spacial score (nSPS) is 19.2. The highest BCUT2D eigenvalue weighted by Crippen LogP contribution is 2.21. The lowest BCUT2D eigenvalue weighted by Gasteiger charge is -2.24. The number of anilines is 1. The Kier molecular flexibility index (Phi) is 5.31. The van der Waals surface area contributed by atoms with E-state index in [1.807, 2.05) is 0 Å². The number of ketones is 1. The maximum atomic E-state index is 12.4. The van der Waals surface area contributed by atoms with Crippen LogP contribution in [0.5, 0.6) is 0 Å². The summed E-state index contributed by atoms with van der Waals surface area (Å²) in [6.45, 7) is 4.40. The number of carbonyl (C=O) groups excluding carboxylic acids is 3. The zero-order valence-corrected chi connectivity index (χ0v) is 15.3. The van der Waals surface area contributed by atoms with E-state index in [1.165, 1.54) is 20.8 Å². The quantitative estimate of drug-likeness (QED) is 0.600. The van der Waals surface area contributed by atoms with Gasteiger partial charge in [-0.2, -0.15) is 0 Å². The Hall–Kier alpha value is -2.22. The van der Waals surface area contributed by atoms with Gasteiger partial charge in [-0.1, -0.05) is 0 Å². The van der Waals surface area contributed by atoms with Crippen molar-refractivity contribution in [1.82, 2.24) is 5.32 Å². The van der Waals surface area contributed by atoms with Gasteiger partial charge in [0, 0.05) is 17.3 Å². The number of amides is 2. The lowest BCUT2D eigenvalue weighted by atomic mass is 9.90. The molecule has 1 heterocycles. The van der Waals surface area contributed by atoms with E-state index >= 15 is 0 Å². The Labute approximate surface area is 147 Å². The largest absolute Gasteiger partial charge is 0.351 e. The summed E-state index contributed by atoms with van der Waals surface area (Å²) < 4.78 is 22.9. The van der Waals surface area contributed by atoms with Crippen molar-refractivity contribution in [3.8, 4) is 0 Å². The van der Waals surface area contributed by atoms with Crippen molar-refractivity contribution in [1.29, 1.82) is 0 Å². The van der Waals surface area contributed by atoms with Crippen LogP contribution in [0.25, 0.3) is 0 Å². The third-order valence-corrected chi connectivity index (χ3v) is 6.02. The molecule has 136 valence electrons. The van der Waals surface area contributed by atoms with Gasteiger partial charge in [0.2, 0.25) is 11.8 Å². The van der Waals surface area contributed by atoms with Gasteiger partial charge < -0.3 is 10.6 Å². The zero-order chi connectivity index (χ0) is 18.8. The molecule has 1 aliphatic heterocycles. The van der Waals surface area contributed by atoms with Crippen LogP contribution in [0.2, 0.25) is 0 Å². The molecule has 25 heavy (non-hydrogen) atoms. The van der Waals surface area contributed by atoms with Crippen LogP contribution >= 0.6 is 0 Å². The van der Waals surface area contributed by atoms with E-state index in [-0.39, 0.29) is 17.3 Å². The molecule has 2 N–H and O–H groups in total. The van der Waals surface area contributed by atoms with Crippen molar-refractivity contribution in [2.24, 2.45) is 5.41 Å². The second kappa shape index (κ2) is 6.95. The standard InChI is InChI=1S/C17H22N2O5S/c1-11(20)12-4-6-13(7-5-12)18-15(21)17(2,3)16(22)19-14-8-9-25(23,24)10-14/h4-7,14H,8-10H2,1-3H3,(H,18,21)(H,19,22). The molecule has 0 bridgehead atoms. The van der Waals surface area contributed by atoms with Crippen molar-refractivity contribution in [3.05, 3.63) is 29.8 Å². The predicted molar refractivity (Wildman–Crippen MR) is 94.1 cm³/mol. The van der Waals surface area contributed by atoms with Crippen LogP contribution in [-0.2, 0) is 19.4 Å². The van der Waals surface area contributed by atoms with Crippen molar-refractivity contribution >= 4 is 33.1 Å². The Morgan fingerprint density at radius 3 is 2.16 bits per heavy atom. The molecule has 2 rings (SSSR count). The van der Waals surface area contributed by atoms with Crippen molar-refractivity contribution in [2.45, 2.75) is 33.2 Å². The summed E-state index contributed by atoms with van der Waals surface area (Å²) >= 11 is 0. The molecule has 8 heteroatoms. The molecule has 0 aromatic heterocycles. The Balaban J connectivity index is 2.01. The second-order valence-corrected chi connectivity index (χ2v) is 9.01. The molecular weight excluding hydrogens is 344 g/mol. The van der Waals surface area contributed by atoms with Gasteiger partial charge in [0.15, 0.2) is 15.6 Å². The van der Waals surface area contributed by atoms with Crippen LogP contribution in [0, 0.1) is 5.41 Å². The van der Waals surface area contributed by atoms with E-state index in [9.17, 15) is 22.8 Å². The lowest BCUT2D eigenvalue weighted by Crippen LogP contribution is -2.48. The molecule has 1 aromatic carbocycles. The first-order valence-corrected chi connectivity index (χ1v) is 9.77. The van der Waals surface area contributed by atoms with Crippen LogP contribution in [0.1, 0.15) is 37.6 Å². The number of sulfone groups is 1. The van der Waals surface area contributed by atoms with Gasteiger partial charge in [-0.05, 0) is 51.5 Å². The summed E-state index contributed by atoms with van der Waals surface area (Å²) in [5, 5.41) is 5.28. The summed E-state index contributed by atoms with van der Waals surface area (Å²) in [7, 11) is -3.11. The number of hydrogen-bond donors (Lipinski definition) is 2. The van der Waals surface area contributed by atoms with Gasteiger partial charge in [0.05, 0.1) is 11.5 Å². The first-order chi connectivity index (χ1) is 11.5. The fourth-order valence-corrected chi connectivity index (χ4v) is 4.13. The van der Waals surface area contributed by atoms with E-state index in [4.69, 9.17) is 0 Å². The fourth-order valence-electron chi connectivity index (χ4n) is 2.45. The van der Waals surface area contributed by atoms with Gasteiger partial charge >= 0.3 is 0 Å². The maximum Gasteiger partial charge on any atom is 0.239 e. The van der Waals surface area contributed by atoms with Crippen molar-refractivity contribution in [2.75, 3.05) is 16.8 Å². The number of nitrogens with one attached hydrogen (secondary N) is 2. The minimum atomic E-state index is -3.11. The summed E-state index contributed by atoms with van der Waals surface area (Å²) in [6.07, 6.45) is 0.359. The van der Waals surface area contributed by atoms with Gasteiger partial charge in [-0.3, -0.25) is 14.4 Å². The molecule has 1 saturated heterocycles. The van der Waals surface area contributed by atoms with Crippen LogP contribution in [-0.4, -0.2) is 43.6 Å². The second-order valence-electron chi connectivity index (χ2n) is 6.79. The molecule has 1 unspecified atom stereocenters. The molecule has 7 nitrogen and oxygen atoms in total. The summed E-state index contributed by atoms with van der Waals surface area (Å²) in [4.78, 5) is 36.1. The van der Waals surface area contributed by atoms with E-state index in [0.717, 1.165) is 0 Å². The Morgan fingerprint density at radius 1 is 1.08 bits per heavy atom. The third-order valence-electron chi connectivity index (χ3n) is 4.25. The number of rotatable bonds is 5. The van der Waals surface area contributed by atoms with E-state index in [1.54, 1.807) is 24.3 Å². The Morgan fingerprint density at radius 2 is 1.68 bits per heavy atom. The molecule has 0 spiro atoms. The molecule has 2 amide bonds. The topological polar surface area (TPSA) is 109 Å². The summed E-state index contributed by atoms with van der Waals surface area (Å²) in [6, 6.07) is 5.90. The highest BCUT2D eigenvalue weighted by molar-refractivity contribution is 7.91. The number of hydrogen-bond acceptors (Lipinski definition) is 5. The van der Waals surface area contributed by atoms with Gasteiger partial charge in [-0.25, -0.2) is 8.42 Å². The highest BCUT2D eigenvalue weighted by atomic mass is 32.2. The molecule has 1 fully saturated rings. The molecule has 0 radical (unpaired) electrons. The van der Waals surface area contributed by atoms with E-state index in [2.05, 4.69) is 10.6 Å². The predicted octanol–water partition coefficient (Wildman–Crippen LogP) is 1.16. The third kappa shape index (κ3) is 4.66. The minimum absolute atomic E-state index is 0.0487. The van der Waals surface area contributed by atoms with Crippen LogP contribution in [0.4, 0.5) is 5.69 Å². The zero-order valence-electron chi connectivity index (χ0n) is 14.5. The van der Waals surface area contributed by atoms with Gasteiger partial charge in [0.1, 0.15) is 5.41 Å². The van der Waals surface area contributed by atoms with Crippen molar-refractivity contribution in [3.63, 3.8) is 0 Å². The number of Topliss-reactive ketones (excluding diaryl/α,β-unsaturated/α-hetero) is 1. The van der Waals surface area contributed by atoms with E-state index in [0.29, 0.717) is 17.7 Å². The van der Waals surface area contributed by atoms with Gasteiger partial charge in [0.25, 0.3) is 0 Å². The lowest BCUT2D eigenvalue weighted by molar-refractivity contribution is -0.138. The number of carbonyl (C=O) groups is 3. The van der Waals surface area contributed by atoms with Crippen LogP contribution in [0.3, 0.4) is 0 Å². The first-order valence-electron chi connectivity index (χ1n) is 7.95. The number of benzene rings is 1. The molecular formula is C17H22N2O5S. The molecule has 1 aliphatic rings. The van der Waals surface area contributed by atoms with Crippen LogP contribution in [0.15, 0.2) is 24.3 Å². The van der Waals surface area contributed by atoms with Crippen LogP contribution < -0.4 is 10.6 Å². The molecule has 1 atom stereocenters. The monoisotopic (exact) mass is 366 g/mol. The highest BCUT2D eigenvalue weighted by Gasteiger charge is 2.39. The average Bonchev–Trinajstić information content (AvgIpc) is 2.86.